The summed E-state index contributed by atoms with van der Waals surface area (Å²) < 4.78 is 9.09. The second-order valence-electron chi connectivity index (χ2n) is 3.02. The van der Waals surface area contributed by atoms with Crippen LogP contribution in [-0.4, -0.2) is 32.2 Å². The Morgan fingerprint density at radius 3 is 2.36 bits per heavy atom. The molecule has 2 N–H and O–H groups in total. The minimum Gasteiger partial charge on any atom is -0.466 e. The summed E-state index contributed by atoms with van der Waals surface area (Å²) in [6.07, 6.45) is 1.05. The van der Waals surface area contributed by atoms with Crippen molar-refractivity contribution >= 4 is 11.9 Å². The molecule has 14 heavy (non-hydrogen) atoms. The van der Waals surface area contributed by atoms with Crippen LogP contribution in [0.2, 0.25) is 0 Å². The van der Waals surface area contributed by atoms with E-state index in [0.29, 0.717) is 18.4 Å². The Morgan fingerprint density at radius 1 is 1.29 bits per heavy atom. The van der Waals surface area contributed by atoms with Crippen molar-refractivity contribution in [3.63, 3.8) is 0 Å². The Balaban J connectivity index is 3.02. The maximum atomic E-state index is 11.3. The lowest BCUT2D eigenvalue weighted by atomic mass is 10.1. The molecule has 1 unspecified atom stereocenters. The van der Waals surface area contributed by atoms with Crippen LogP contribution >= 0.6 is 0 Å². The summed E-state index contributed by atoms with van der Waals surface area (Å²) in [5.41, 5.74) is 6.26. The minimum atomic E-state index is -0.546. The zero-order chi connectivity index (χ0) is 10.7. The fraction of sp³-hybridized carbons (Fsp3) is 0.556. The van der Waals surface area contributed by atoms with Crippen molar-refractivity contribution in [3.05, 3.63) is 11.1 Å². The molecule has 0 amide bonds. The smallest absolute Gasteiger partial charge is 0.335 e. The number of esters is 2. The largest absolute Gasteiger partial charge is 0.466 e. The van der Waals surface area contributed by atoms with Crippen molar-refractivity contribution < 1.29 is 19.1 Å². The lowest BCUT2D eigenvalue weighted by Crippen LogP contribution is -2.25. The average molecular weight is 199 g/mol. The van der Waals surface area contributed by atoms with Crippen LogP contribution in [0.1, 0.15) is 12.8 Å². The molecule has 0 fully saturated rings. The summed E-state index contributed by atoms with van der Waals surface area (Å²) in [7, 11) is 2.53. The number of rotatable bonds is 2. The highest BCUT2D eigenvalue weighted by Crippen LogP contribution is 2.26. The van der Waals surface area contributed by atoms with Gasteiger partial charge in [-0.25, -0.2) is 9.59 Å². The van der Waals surface area contributed by atoms with E-state index in [1.54, 1.807) is 0 Å². The Hall–Kier alpha value is -1.36. The predicted octanol–water partition coefficient (Wildman–Crippen LogP) is -0.250. The summed E-state index contributed by atoms with van der Waals surface area (Å²) in [5.74, 6) is -1.05. The standard InChI is InChI=1S/C9H13NO4/c1-13-8(11)5-3-4-6(10)7(5)9(12)14-2/h6H,3-4,10H2,1-2H3. The van der Waals surface area contributed by atoms with Gasteiger partial charge in [-0.05, 0) is 12.8 Å². The van der Waals surface area contributed by atoms with E-state index in [1.807, 2.05) is 0 Å². The zero-order valence-electron chi connectivity index (χ0n) is 8.20. The topological polar surface area (TPSA) is 78.6 Å². The van der Waals surface area contributed by atoms with Gasteiger partial charge >= 0.3 is 11.9 Å². The van der Waals surface area contributed by atoms with Gasteiger partial charge in [0.15, 0.2) is 0 Å². The quantitative estimate of drug-likeness (QED) is 0.620. The maximum absolute atomic E-state index is 11.3. The number of ether oxygens (including phenoxy) is 2. The average Bonchev–Trinajstić information content (AvgIpc) is 2.58. The molecular weight excluding hydrogens is 186 g/mol. The molecule has 0 radical (unpaired) electrons. The summed E-state index contributed by atoms with van der Waals surface area (Å²) in [4.78, 5) is 22.5. The SMILES string of the molecule is COC(=O)C1=C(C(=O)OC)C(N)CC1. The van der Waals surface area contributed by atoms with Gasteiger partial charge in [-0.3, -0.25) is 0 Å². The minimum absolute atomic E-state index is 0.249. The molecule has 0 aromatic carbocycles. The van der Waals surface area contributed by atoms with Gasteiger partial charge in [-0.1, -0.05) is 0 Å². The summed E-state index contributed by atoms with van der Waals surface area (Å²) in [5, 5.41) is 0. The molecule has 0 aromatic rings. The zero-order valence-corrected chi connectivity index (χ0v) is 8.20. The number of methoxy groups -OCH3 is 2. The van der Waals surface area contributed by atoms with Gasteiger partial charge in [0, 0.05) is 11.6 Å². The van der Waals surface area contributed by atoms with Crippen LogP contribution in [-0.2, 0) is 19.1 Å². The predicted molar refractivity (Wildman–Crippen MR) is 48.3 cm³/mol. The molecular formula is C9H13NO4. The van der Waals surface area contributed by atoms with Crippen LogP contribution in [0.25, 0.3) is 0 Å². The summed E-state index contributed by atoms with van der Waals surface area (Å²) in [6.45, 7) is 0. The van der Waals surface area contributed by atoms with Crippen molar-refractivity contribution in [2.75, 3.05) is 14.2 Å². The van der Waals surface area contributed by atoms with Gasteiger partial charge in [-0.15, -0.1) is 0 Å². The summed E-state index contributed by atoms with van der Waals surface area (Å²) in [6, 6.07) is -0.420. The van der Waals surface area contributed by atoms with Gasteiger partial charge in [0.1, 0.15) is 0 Å². The Bertz CT molecular complexity index is 295. The van der Waals surface area contributed by atoms with Crippen molar-refractivity contribution in [3.8, 4) is 0 Å². The maximum Gasteiger partial charge on any atom is 0.335 e. The van der Waals surface area contributed by atoms with E-state index in [9.17, 15) is 9.59 Å². The van der Waals surface area contributed by atoms with Crippen LogP contribution in [0.3, 0.4) is 0 Å². The van der Waals surface area contributed by atoms with Gasteiger partial charge in [0.25, 0.3) is 0 Å². The number of nitrogens with two attached hydrogens (primary N) is 1. The molecule has 0 aliphatic heterocycles. The molecule has 78 valence electrons. The fourth-order valence-electron chi connectivity index (χ4n) is 1.52. The summed E-state index contributed by atoms with van der Waals surface area (Å²) >= 11 is 0. The highest BCUT2D eigenvalue weighted by molar-refractivity contribution is 6.02. The lowest BCUT2D eigenvalue weighted by Gasteiger charge is -2.07. The molecule has 0 spiro atoms. The van der Waals surface area contributed by atoms with Gasteiger partial charge in [0.2, 0.25) is 0 Å². The van der Waals surface area contributed by atoms with Crippen LogP contribution in [0.5, 0.6) is 0 Å². The van der Waals surface area contributed by atoms with Crippen molar-refractivity contribution in [2.24, 2.45) is 5.73 Å². The fourth-order valence-corrected chi connectivity index (χ4v) is 1.52. The number of carbonyl (C=O) groups excluding carboxylic acids is 2. The number of carbonyl (C=O) groups is 2. The van der Waals surface area contributed by atoms with E-state index in [0.717, 1.165) is 0 Å². The van der Waals surface area contributed by atoms with Crippen molar-refractivity contribution in [2.45, 2.75) is 18.9 Å². The second-order valence-corrected chi connectivity index (χ2v) is 3.02. The third-order valence-corrected chi connectivity index (χ3v) is 2.24. The Morgan fingerprint density at radius 2 is 1.86 bits per heavy atom. The first-order valence-electron chi connectivity index (χ1n) is 4.27. The van der Waals surface area contributed by atoms with E-state index in [2.05, 4.69) is 9.47 Å². The highest BCUT2D eigenvalue weighted by atomic mass is 16.5. The lowest BCUT2D eigenvalue weighted by molar-refractivity contribution is -0.139. The molecule has 0 aromatic heterocycles. The number of hydrogen-bond acceptors (Lipinski definition) is 5. The highest BCUT2D eigenvalue weighted by Gasteiger charge is 2.32. The molecule has 5 heteroatoms. The van der Waals surface area contributed by atoms with Crippen LogP contribution in [0.15, 0.2) is 11.1 Å². The first-order chi connectivity index (χ1) is 6.61. The molecule has 0 saturated carbocycles. The first-order valence-corrected chi connectivity index (χ1v) is 4.27. The van der Waals surface area contributed by atoms with E-state index in [4.69, 9.17) is 5.73 Å². The van der Waals surface area contributed by atoms with E-state index < -0.39 is 18.0 Å². The Labute approximate surface area is 81.9 Å². The molecule has 1 atom stereocenters. The van der Waals surface area contributed by atoms with Gasteiger partial charge < -0.3 is 15.2 Å². The monoisotopic (exact) mass is 199 g/mol. The third-order valence-electron chi connectivity index (χ3n) is 2.24. The van der Waals surface area contributed by atoms with Gasteiger partial charge in [0.05, 0.1) is 19.8 Å². The second kappa shape index (κ2) is 4.23. The Kier molecular flexibility index (Phi) is 3.24. The molecule has 0 bridgehead atoms. The molecule has 0 heterocycles. The molecule has 1 aliphatic carbocycles. The van der Waals surface area contributed by atoms with E-state index >= 15 is 0 Å². The first kappa shape index (κ1) is 10.7. The molecule has 1 rings (SSSR count). The molecule has 0 saturated heterocycles. The van der Waals surface area contributed by atoms with Crippen LogP contribution < -0.4 is 5.73 Å². The van der Waals surface area contributed by atoms with Gasteiger partial charge in [-0.2, -0.15) is 0 Å². The van der Waals surface area contributed by atoms with Crippen LogP contribution in [0, 0.1) is 0 Å². The van der Waals surface area contributed by atoms with Crippen molar-refractivity contribution in [1.29, 1.82) is 0 Å². The molecule has 5 nitrogen and oxygen atoms in total. The van der Waals surface area contributed by atoms with E-state index in [1.165, 1.54) is 14.2 Å². The third kappa shape index (κ3) is 1.77. The normalized spacial score (nSPS) is 20.9. The van der Waals surface area contributed by atoms with Crippen molar-refractivity contribution in [1.82, 2.24) is 0 Å². The van der Waals surface area contributed by atoms with Crippen LogP contribution in [0.4, 0.5) is 0 Å². The number of hydrogen-bond donors (Lipinski definition) is 1. The van der Waals surface area contributed by atoms with E-state index in [-0.39, 0.29) is 5.57 Å². The molecule has 1 aliphatic rings.